The fourth-order valence-corrected chi connectivity index (χ4v) is 2.89. The molecule has 1 atom stereocenters. The minimum absolute atomic E-state index is 0.343. The lowest BCUT2D eigenvalue weighted by molar-refractivity contribution is 0.0209. The maximum Gasteiger partial charge on any atom is 0.161 e. The van der Waals surface area contributed by atoms with Gasteiger partial charge in [0.2, 0.25) is 0 Å². The molecule has 1 unspecified atom stereocenters. The number of aliphatic hydroxyl groups is 1. The van der Waals surface area contributed by atoms with Gasteiger partial charge in [-0.15, -0.1) is 0 Å². The van der Waals surface area contributed by atoms with E-state index in [1.165, 1.54) is 25.7 Å². The molecule has 20 heavy (non-hydrogen) atoms. The van der Waals surface area contributed by atoms with Crippen molar-refractivity contribution in [2.24, 2.45) is 5.92 Å². The summed E-state index contributed by atoms with van der Waals surface area (Å²) in [7, 11) is 0. The fourth-order valence-electron chi connectivity index (χ4n) is 2.89. The number of ether oxygens (including phenoxy) is 3. The van der Waals surface area contributed by atoms with Gasteiger partial charge in [0.25, 0.3) is 0 Å². The Hall–Kier alpha value is -1.26. The van der Waals surface area contributed by atoms with E-state index in [0.717, 1.165) is 17.9 Å². The van der Waals surface area contributed by atoms with Crippen molar-refractivity contribution in [2.75, 3.05) is 26.4 Å². The minimum atomic E-state index is -0.604. The van der Waals surface area contributed by atoms with Crippen LogP contribution >= 0.6 is 0 Å². The van der Waals surface area contributed by atoms with Crippen molar-refractivity contribution in [1.82, 2.24) is 0 Å². The molecule has 1 N–H and O–H groups in total. The molecule has 1 aromatic rings. The number of hydrogen-bond acceptors (Lipinski definition) is 4. The highest BCUT2D eigenvalue weighted by atomic mass is 16.6. The second-order valence-electron chi connectivity index (χ2n) is 5.61. The van der Waals surface area contributed by atoms with Crippen LogP contribution in [-0.4, -0.2) is 31.5 Å². The smallest absolute Gasteiger partial charge is 0.161 e. The molecule has 1 aliphatic carbocycles. The molecule has 0 saturated heterocycles. The zero-order valence-corrected chi connectivity index (χ0v) is 11.7. The molecule has 3 rings (SSSR count). The normalized spacial score (nSPS) is 20.1. The SMILES string of the molecule is OC(COCC1CCCC1)c1ccc2c(c1)OCCO2. The molecule has 0 aromatic heterocycles. The number of benzene rings is 1. The van der Waals surface area contributed by atoms with Gasteiger partial charge in [-0.25, -0.2) is 0 Å². The number of aliphatic hydroxyl groups excluding tert-OH is 1. The van der Waals surface area contributed by atoms with Crippen LogP contribution < -0.4 is 9.47 Å². The van der Waals surface area contributed by atoms with Crippen LogP contribution in [0.4, 0.5) is 0 Å². The summed E-state index contributed by atoms with van der Waals surface area (Å²) in [6.45, 7) is 2.25. The lowest BCUT2D eigenvalue weighted by Crippen LogP contribution is -2.16. The van der Waals surface area contributed by atoms with Crippen LogP contribution in [0.5, 0.6) is 11.5 Å². The van der Waals surface area contributed by atoms with Gasteiger partial charge in [0, 0.05) is 6.61 Å². The molecule has 0 spiro atoms. The van der Waals surface area contributed by atoms with E-state index in [2.05, 4.69) is 0 Å². The van der Waals surface area contributed by atoms with Gasteiger partial charge >= 0.3 is 0 Å². The highest BCUT2D eigenvalue weighted by molar-refractivity contribution is 5.44. The van der Waals surface area contributed by atoms with Crippen molar-refractivity contribution >= 4 is 0 Å². The van der Waals surface area contributed by atoms with Gasteiger partial charge in [0.15, 0.2) is 11.5 Å². The summed E-state index contributed by atoms with van der Waals surface area (Å²) in [5.41, 5.74) is 0.820. The molecule has 110 valence electrons. The Kier molecular flexibility index (Phi) is 4.43. The van der Waals surface area contributed by atoms with Gasteiger partial charge in [-0.05, 0) is 36.5 Å². The number of hydrogen-bond donors (Lipinski definition) is 1. The van der Waals surface area contributed by atoms with E-state index < -0.39 is 6.10 Å². The first kappa shape index (κ1) is 13.7. The molecule has 1 aromatic carbocycles. The zero-order chi connectivity index (χ0) is 13.8. The monoisotopic (exact) mass is 278 g/mol. The Morgan fingerprint density at radius 1 is 1.15 bits per heavy atom. The van der Waals surface area contributed by atoms with Crippen LogP contribution in [0.2, 0.25) is 0 Å². The van der Waals surface area contributed by atoms with Crippen molar-refractivity contribution in [1.29, 1.82) is 0 Å². The van der Waals surface area contributed by atoms with E-state index in [1.807, 2.05) is 18.2 Å². The molecule has 1 saturated carbocycles. The van der Waals surface area contributed by atoms with Crippen LogP contribution in [0.1, 0.15) is 37.4 Å². The summed E-state index contributed by atoms with van der Waals surface area (Å²) in [5.74, 6) is 2.14. The van der Waals surface area contributed by atoms with Crippen LogP contribution in [0.3, 0.4) is 0 Å². The summed E-state index contributed by atoms with van der Waals surface area (Å²) in [5, 5.41) is 10.2. The molecule has 0 amide bonds. The van der Waals surface area contributed by atoms with Gasteiger partial charge in [0.05, 0.1) is 6.61 Å². The lowest BCUT2D eigenvalue weighted by atomic mass is 10.1. The van der Waals surface area contributed by atoms with Crippen LogP contribution in [-0.2, 0) is 4.74 Å². The predicted octanol–water partition coefficient (Wildman–Crippen LogP) is 2.70. The van der Waals surface area contributed by atoms with Gasteiger partial charge in [-0.2, -0.15) is 0 Å². The third-order valence-corrected chi connectivity index (χ3v) is 4.06. The molecule has 0 bridgehead atoms. The highest BCUT2D eigenvalue weighted by Crippen LogP contribution is 2.32. The largest absolute Gasteiger partial charge is 0.486 e. The Morgan fingerprint density at radius 3 is 2.70 bits per heavy atom. The molecule has 0 radical (unpaired) electrons. The van der Waals surface area contributed by atoms with Gasteiger partial charge in [0.1, 0.15) is 19.3 Å². The van der Waals surface area contributed by atoms with Crippen LogP contribution in [0.15, 0.2) is 18.2 Å². The number of rotatable bonds is 5. The maximum absolute atomic E-state index is 10.2. The lowest BCUT2D eigenvalue weighted by Gasteiger charge is -2.20. The standard InChI is InChI=1S/C16H22O4/c17-14(11-18-10-12-3-1-2-4-12)13-5-6-15-16(9-13)20-8-7-19-15/h5-6,9,12,14,17H,1-4,7-8,10-11H2. The summed E-state index contributed by atoms with van der Waals surface area (Å²) < 4.78 is 16.6. The van der Waals surface area contributed by atoms with E-state index >= 15 is 0 Å². The number of fused-ring (bicyclic) bond motifs is 1. The minimum Gasteiger partial charge on any atom is -0.486 e. The maximum atomic E-state index is 10.2. The average molecular weight is 278 g/mol. The second-order valence-corrected chi connectivity index (χ2v) is 5.61. The van der Waals surface area contributed by atoms with Crippen molar-refractivity contribution < 1.29 is 19.3 Å². The summed E-state index contributed by atoms with van der Waals surface area (Å²) in [6.07, 6.45) is 4.56. The molecular weight excluding hydrogens is 256 g/mol. The molecule has 4 nitrogen and oxygen atoms in total. The molecule has 1 fully saturated rings. The Balaban J connectivity index is 1.52. The highest BCUT2D eigenvalue weighted by Gasteiger charge is 2.18. The second kappa shape index (κ2) is 6.46. The summed E-state index contributed by atoms with van der Waals surface area (Å²) >= 11 is 0. The third kappa shape index (κ3) is 3.25. The van der Waals surface area contributed by atoms with Crippen LogP contribution in [0.25, 0.3) is 0 Å². The van der Waals surface area contributed by atoms with Gasteiger partial charge in [-0.1, -0.05) is 18.9 Å². The van der Waals surface area contributed by atoms with E-state index in [1.54, 1.807) is 0 Å². The Morgan fingerprint density at radius 2 is 1.90 bits per heavy atom. The van der Waals surface area contributed by atoms with E-state index in [-0.39, 0.29) is 0 Å². The molecule has 4 heteroatoms. The van der Waals surface area contributed by atoms with Crippen molar-refractivity contribution in [3.05, 3.63) is 23.8 Å². The zero-order valence-electron chi connectivity index (χ0n) is 11.7. The van der Waals surface area contributed by atoms with E-state index in [9.17, 15) is 5.11 Å². The first-order valence-electron chi connectivity index (χ1n) is 7.48. The van der Waals surface area contributed by atoms with E-state index in [4.69, 9.17) is 14.2 Å². The van der Waals surface area contributed by atoms with E-state index in [0.29, 0.717) is 31.5 Å². The summed E-state index contributed by atoms with van der Waals surface area (Å²) in [6, 6.07) is 5.57. The Bertz CT molecular complexity index is 440. The fraction of sp³-hybridized carbons (Fsp3) is 0.625. The van der Waals surface area contributed by atoms with Crippen molar-refractivity contribution in [3.8, 4) is 11.5 Å². The molecule has 1 heterocycles. The first-order valence-corrected chi connectivity index (χ1v) is 7.48. The third-order valence-electron chi connectivity index (χ3n) is 4.06. The molecular formula is C16H22O4. The molecule has 2 aliphatic rings. The van der Waals surface area contributed by atoms with Gasteiger partial charge < -0.3 is 19.3 Å². The first-order chi connectivity index (χ1) is 9.83. The molecule has 1 aliphatic heterocycles. The Labute approximate surface area is 119 Å². The predicted molar refractivity (Wildman–Crippen MR) is 75.2 cm³/mol. The van der Waals surface area contributed by atoms with Crippen LogP contribution in [0, 0.1) is 5.92 Å². The average Bonchev–Trinajstić information content (AvgIpc) is 3.00. The van der Waals surface area contributed by atoms with Gasteiger partial charge in [-0.3, -0.25) is 0 Å². The van der Waals surface area contributed by atoms with Crippen molar-refractivity contribution in [2.45, 2.75) is 31.8 Å². The quantitative estimate of drug-likeness (QED) is 0.899. The summed E-state index contributed by atoms with van der Waals surface area (Å²) in [4.78, 5) is 0. The van der Waals surface area contributed by atoms with Crippen molar-refractivity contribution in [3.63, 3.8) is 0 Å². The topological polar surface area (TPSA) is 47.9 Å².